The number of ether oxygens (including phenoxy) is 1. The third-order valence-corrected chi connectivity index (χ3v) is 4.59. The van der Waals surface area contributed by atoms with Gasteiger partial charge in [0.25, 0.3) is 0 Å². The van der Waals surface area contributed by atoms with Crippen LogP contribution in [-0.2, 0) is 19.3 Å². The Morgan fingerprint density at radius 1 is 1.11 bits per heavy atom. The van der Waals surface area contributed by atoms with E-state index in [1.54, 1.807) is 0 Å². The summed E-state index contributed by atoms with van der Waals surface area (Å²) in [6.07, 6.45) is -3.53. The number of hydrogen-bond acceptors (Lipinski definition) is 3. The van der Waals surface area contributed by atoms with Crippen molar-refractivity contribution in [2.45, 2.75) is 32.7 Å². The van der Waals surface area contributed by atoms with Gasteiger partial charge in [-0.25, -0.2) is 4.98 Å². The molecular weight excluding hydrogens is 367 g/mol. The van der Waals surface area contributed by atoms with Crippen LogP contribution in [0.4, 0.5) is 13.2 Å². The summed E-state index contributed by atoms with van der Waals surface area (Å²) in [7, 11) is 3.98. The number of benzene rings is 2. The highest BCUT2D eigenvalue weighted by Gasteiger charge is 2.31. The average molecular weight is 391 g/mol. The van der Waals surface area contributed by atoms with Crippen LogP contribution in [0.25, 0.3) is 11.0 Å². The van der Waals surface area contributed by atoms with Crippen LogP contribution in [0, 0.1) is 6.92 Å². The minimum Gasteiger partial charge on any atom is -0.485 e. The summed E-state index contributed by atoms with van der Waals surface area (Å²) in [5.74, 6) is 1.36. The fraction of sp³-hybridized carbons (Fsp3) is 0.381. The standard InChI is InChI=1S/C21H24F3N3O/c1-15-7-4-5-8-19(15)28-14-20-25-17-13-16(21(22,23)24)9-10-18(17)27(20)12-6-11-26(2)3/h4-5,7-10,13H,6,11-12,14H2,1-3H3. The van der Waals surface area contributed by atoms with Gasteiger partial charge in [-0.1, -0.05) is 18.2 Å². The maximum atomic E-state index is 13.1. The van der Waals surface area contributed by atoms with Gasteiger partial charge < -0.3 is 14.2 Å². The number of hydrogen-bond donors (Lipinski definition) is 0. The number of aryl methyl sites for hydroxylation is 2. The molecule has 0 unspecified atom stereocenters. The SMILES string of the molecule is Cc1ccccc1OCc1nc2cc(C(F)(F)F)ccc2n1CCCN(C)C. The fourth-order valence-electron chi connectivity index (χ4n) is 3.12. The van der Waals surface area contributed by atoms with Crippen LogP contribution in [0.15, 0.2) is 42.5 Å². The van der Waals surface area contributed by atoms with Gasteiger partial charge >= 0.3 is 6.18 Å². The first kappa shape index (κ1) is 20.2. The van der Waals surface area contributed by atoms with Gasteiger partial charge in [0.2, 0.25) is 0 Å². The largest absolute Gasteiger partial charge is 0.485 e. The van der Waals surface area contributed by atoms with Crippen molar-refractivity contribution in [3.05, 3.63) is 59.4 Å². The van der Waals surface area contributed by atoms with Gasteiger partial charge in [-0.2, -0.15) is 13.2 Å². The molecule has 0 atom stereocenters. The van der Waals surface area contributed by atoms with Crippen molar-refractivity contribution in [3.63, 3.8) is 0 Å². The van der Waals surface area contributed by atoms with Crippen molar-refractivity contribution in [3.8, 4) is 5.75 Å². The summed E-state index contributed by atoms with van der Waals surface area (Å²) < 4.78 is 47.0. The molecule has 3 aromatic rings. The second-order valence-electron chi connectivity index (χ2n) is 7.09. The monoisotopic (exact) mass is 391 g/mol. The second kappa shape index (κ2) is 8.22. The maximum absolute atomic E-state index is 13.1. The summed E-state index contributed by atoms with van der Waals surface area (Å²) in [5, 5.41) is 0. The number of rotatable bonds is 7. The first-order valence-electron chi connectivity index (χ1n) is 9.15. The second-order valence-corrected chi connectivity index (χ2v) is 7.09. The summed E-state index contributed by atoms with van der Waals surface area (Å²) in [6.45, 7) is 3.68. The highest BCUT2D eigenvalue weighted by Crippen LogP contribution is 2.32. The zero-order valence-electron chi connectivity index (χ0n) is 16.3. The lowest BCUT2D eigenvalue weighted by Gasteiger charge is -2.14. The Balaban J connectivity index is 1.92. The van der Waals surface area contributed by atoms with E-state index in [9.17, 15) is 13.2 Å². The highest BCUT2D eigenvalue weighted by molar-refractivity contribution is 5.77. The minimum absolute atomic E-state index is 0.197. The molecule has 0 amide bonds. The van der Waals surface area contributed by atoms with E-state index >= 15 is 0 Å². The summed E-state index contributed by atoms with van der Waals surface area (Å²) in [6, 6.07) is 11.3. The normalized spacial score (nSPS) is 12.1. The average Bonchev–Trinajstić information content (AvgIpc) is 2.97. The van der Waals surface area contributed by atoms with Crippen molar-refractivity contribution in [2.24, 2.45) is 0 Å². The molecule has 0 spiro atoms. The Morgan fingerprint density at radius 2 is 1.86 bits per heavy atom. The topological polar surface area (TPSA) is 30.3 Å². The quantitative estimate of drug-likeness (QED) is 0.574. The zero-order chi connectivity index (χ0) is 20.3. The Labute approximate surface area is 162 Å². The van der Waals surface area contributed by atoms with Crippen LogP contribution >= 0.6 is 0 Å². The highest BCUT2D eigenvalue weighted by atomic mass is 19.4. The molecule has 0 bridgehead atoms. The Hall–Kier alpha value is -2.54. The lowest BCUT2D eigenvalue weighted by atomic mass is 10.2. The van der Waals surface area contributed by atoms with Crippen LogP contribution in [0.1, 0.15) is 23.4 Å². The lowest BCUT2D eigenvalue weighted by Crippen LogP contribution is -2.16. The van der Waals surface area contributed by atoms with E-state index in [0.717, 1.165) is 36.4 Å². The van der Waals surface area contributed by atoms with Crippen molar-refractivity contribution >= 4 is 11.0 Å². The van der Waals surface area contributed by atoms with Crippen molar-refractivity contribution in [2.75, 3.05) is 20.6 Å². The van der Waals surface area contributed by atoms with Gasteiger partial charge in [-0.05, 0) is 63.8 Å². The molecule has 0 aliphatic rings. The van der Waals surface area contributed by atoms with Gasteiger partial charge in [0.1, 0.15) is 18.2 Å². The molecule has 1 aromatic heterocycles. The molecule has 0 saturated carbocycles. The molecule has 0 aliphatic carbocycles. The van der Waals surface area contributed by atoms with Crippen LogP contribution in [0.2, 0.25) is 0 Å². The van der Waals surface area contributed by atoms with E-state index in [0.29, 0.717) is 23.4 Å². The molecular formula is C21H24F3N3O. The van der Waals surface area contributed by atoms with Gasteiger partial charge in [-0.3, -0.25) is 0 Å². The fourth-order valence-corrected chi connectivity index (χ4v) is 3.12. The molecule has 3 rings (SSSR count). The van der Waals surface area contributed by atoms with Gasteiger partial charge in [0.15, 0.2) is 0 Å². The summed E-state index contributed by atoms with van der Waals surface area (Å²) in [5.41, 5.74) is 1.33. The number of aromatic nitrogens is 2. The molecule has 0 N–H and O–H groups in total. The van der Waals surface area contributed by atoms with E-state index in [4.69, 9.17) is 4.74 Å². The van der Waals surface area contributed by atoms with Crippen molar-refractivity contribution in [1.82, 2.24) is 14.5 Å². The van der Waals surface area contributed by atoms with Crippen molar-refractivity contribution in [1.29, 1.82) is 0 Å². The molecule has 28 heavy (non-hydrogen) atoms. The predicted molar refractivity (Wildman–Crippen MR) is 103 cm³/mol. The number of alkyl halides is 3. The molecule has 1 heterocycles. The Kier molecular flexibility index (Phi) is 5.93. The predicted octanol–water partition coefficient (Wildman–Crippen LogP) is 4.89. The summed E-state index contributed by atoms with van der Waals surface area (Å²) in [4.78, 5) is 6.53. The molecule has 150 valence electrons. The summed E-state index contributed by atoms with van der Waals surface area (Å²) >= 11 is 0. The maximum Gasteiger partial charge on any atom is 0.416 e. The first-order chi connectivity index (χ1) is 13.3. The van der Waals surface area contributed by atoms with E-state index in [2.05, 4.69) is 9.88 Å². The number of imidazole rings is 1. The molecule has 0 fully saturated rings. The van der Waals surface area contributed by atoms with Gasteiger partial charge in [0.05, 0.1) is 16.6 Å². The van der Waals surface area contributed by atoms with Crippen molar-refractivity contribution < 1.29 is 17.9 Å². The molecule has 2 aromatic carbocycles. The van der Waals surface area contributed by atoms with Gasteiger partial charge in [0, 0.05) is 6.54 Å². The van der Waals surface area contributed by atoms with E-state index < -0.39 is 11.7 Å². The third kappa shape index (κ3) is 4.65. The van der Waals surface area contributed by atoms with Crippen LogP contribution in [-0.4, -0.2) is 35.1 Å². The number of para-hydroxylation sites is 1. The molecule has 0 aliphatic heterocycles. The van der Waals surface area contributed by atoms with Gasteiger partial charge in [-0.15, -0.1) is 0 Å². The molecule has 4 nitrogen and oxygen atoms in total. The first-order valence-corrected chi connectivity index (χ1v) is 9.15. The van der Waals surface area contributed by atoms with E-state index in [1.165, 1.54) is 6.07 Å². The third-order valence-electron chi connectivity index (χ3n) is 4.59. The zero-order valence-corrected chi connectivity index (χ0v) is 16.3. The number of fused-ring (bicyclic) bond motifs is 1. The van der Waals surface area contributed by atoms with Crippen LogP contribution in [0.5, 0.6) is 5.75 Å². The lowest BCUT2D eigenvalue weighted by molar-refractivity contribution is -0.137. The number of halogens is 3. The Bertz CT molecular complexity index is 948. The molecule has 0 saturated heterocycles. The van der Waals surface area contributed by atoms with E-state index in [-0.39, 0.29) is 6.61 Å². The molecule has 0 radical (unpaired) electrons. The molecule has 7 heteroatoms. The van der Waals surface area contributed by atoms with E-state index in [1.807, 2.05) is 49.9 Å². The Morgan fingerprint density at radius 3 is 2.54 bits per heavy atom. The minimum atomic E-state index is -4.39. The van der Waals surface area contributed by atoms with Crippen LogP contribution in [0.3, 0.4) is 0 Å². The van der Waals surface area contributed by atoms with Crippen LogP contribution < -0.4 is 4.74 Å². The number of nitrogens with zero attached hydrogens (tertiary/aromatic N) is 3. The smallest absolute Gasteiger partial charge is 0.416 e.